The average Bonchev–Trinajstić information content (AvgIpc) is 2.97. The number of ether oxygens (including phenoxy) is 2. The first-order valence-electron chi connectivity index (χ1n) is 9.85. The molecule has 0 bridgehead atoms. The van der Waals surface area contributed by atoms with Crippen LogP contribution in [-0.4, -0.2) is 68.5 Å². The topological polar surface area (TPSA) is 79.5 Å². The number of amides is 1. The number of aromatic nitrogens is 1. The lowest BCUT2D eigenvalue weighted by atomic mass is 10.1. The molecule has 1 aliphatic rings. The van der Waals surface area contributed by atoms with Crippen molar-refractivity contribution < 1.29 is 14.3 Å². The summed E-state index contributed by atoms with van der Waals surface area (Å²) in [5.41, 5.74) is 3.12. The van der Waals surface area contributed by atoms with Gasteiger partial charge in [-0.25, -0.2) is 0 Å². The normalized spacial score (nSPS) is 16.6. The third-order valence-corrected chi connectivity index (χ3v) is 5.08. The van der Waals surface area contributed by atoms with Gasteiger partial charge in [0, 0.05) is 38.1 Å². The Kier molecular flexibility index (Phi) is 8.71. The lowest BCUT2D eigenvalue weighted by Gasteiger charge is -2.26. The first-order chi connectivity index (χ1) is 13.5. The molecule has 0 aromatic carbocycles. The minimum atomic E-state index is -0.320. The van der Waals surface area contributed by atoms with E-state index in [4.69, 9.17) is 9.47 Å². The monoisotopic (exact) mass is 388 g/mol. The van der Waals surface area contributed by atoms with Crippen LogP contribution in [0.15, 0.2) is 11.6 Å². The summed E-state index contributed by atoms with van der Waals surface area (Å²) in [7, 11) is 1.68. The number of methoxy groups -OCH3 is 1. The van der Waals surface area contributed by atoms with E-state index in [-0.39, 0.29) is 17.5 Å². The molecule has 7 nitrogen and oxygen atoms in total. The van der Waals surface area contributed by atoms with Crippen LogP contribution in [0.4, 0.5) is 0 Å². The number of aryl methyl sites for hydroxylation is 1. The molecule has 1 saturated heterocycles. The van der Waals surface area contributed by atoms with E-state index >= 15 is 0 Å². The van der Waals surface area contributed by atoms with Crippen LogP contribution in [0.1, 0.15) is 36.3 Å². The Morgan fingerprint density at radius 1 is 1.43 bits per heavy atom. The van der Waals surface area contributed by atoms with E-state index < -0.39 is 0 Å². The zero-order chi connectivity index (χ0) is 20.5. The van der Waals surface area contributed by atoms with Gasteiger partial charge >= 0.3 is 0 Å². The zero-order valence-corrected chi connectivity index (χ0v) is 17.5. The van der Waals surface area contributed by atoms with Crippen molar-refractivity contribution in [1.29, 1.82) is 5.26 Å². The lowest BCUT2D eigenvalue weighted by molar-refractivity contribution is -0.117. The average molecular weight is 389 g/mol. The Labute approximate surface area is 167 Å². The molecule has 1 aliphatic heterocycles. The molecule has 1 aromatic rings. The van der Waals surface area contributed by atoms with Crippen molar-refractivity contribution in [2.75, 3.05) is 53.1 Å². The van der Waals surface area contributed by atoms with Crippen molar-refractivity contribution in [1.82, 2.24) is 14.8 Å². The Balaban J connectivity index is 1.96. The fourth-order valence-electron chi connectivity index (χ4n) is 3.67. The summed E-state index contributed by atoms with van der Waals surface area (Å²) in [5.74, 6) is -0.320. The number of carbonyl (C=O) groups is 1. The highest BCUT2D eigenvalue weighted by atomic mass is 16.5. The molecule has 2 heterocycles. The van der Waals surface area contributed by atoms with Gasteiger partial charge in [-0.1, -0.05) is 0 Å². The van der Waals surface area contributed by atoms with Crippen molar-refractivity contribution in [2.24, 2.45) is 0 Å². The zero-order valence-electron chi connectivity index (χ0n) is 17.5. The molecule has 1 N–H and O–H groups in total. The van der Waals surface area contributed by atoms with Crippen LogP contribution in [0, 0.1) is 25.2 Å². The van der Waals surface area contributed by atoms with Crippen molar-refractivity contribution in [3.8, 4) is 6.07 Å². The Morgan fingerprint density at radius 3 is 2.79 bits per heavy atom. The fourth-order valence-corrected chi connectivity index (χ4v) is 3.67. The maximum absolute atomic E-state index is 12.4. The molecular formula is C21H32N4O3. The maximum Gasteiger partial charge on any atom is 0.261 e. The third-order valence-electron chi connectivity index (χ3n) is 5.08. The van der Waals surface area contributed by atoms with Gasteiger partial charge in [0.1, 0.15) is 11.6 Å². The molecule has 0 radical (unpaired) electrons. The molecule has 154 valence electrons. The quantitative estimate of drug-likeness (QED) is 0.398. The van der Waals surface area contributed by atoms with Gasteiger partial charge in [-0.3, -0.25) is 9.69 Å². The summed E-state index contributed by atoms with van der Waals surface area (Å²) in [6.45, 7) is 11.6. The molecule has 0 aliphatic carbocycles. The van der Waals surface area contributed by atoms with E-state index in [2.05, 4.69) is 21.7 Å². The Hall–Kier alpha value is -2.14. The number of rotatable bonds is 9. The first kappa shape index (κ1) is 22.2. The number of morpholine rings is 1. The summed E-state index contributed by atoms with van der Waals surface area (Å²) in [5, 5.41) is 12.3. The van der Waals surface area contributed by atoms with E-state index in [1.54, 1.807) is 13.2 Å². The van der Waals surface area contributed by atoms with E-state index in [0.717, 1.165) is 56.2 Å². The second kappa shape index (κ2) is 11.0. The second-order valence-electron chi connectivity index (χ2n) is 7.23. The Bertz CT molecular complexity index is 727. The molecule has 1 atom stereocenters. The Morgan fingerprint density at radius 2 is 2.14 bits per heavy atom. The summed E-state index contributed by atoms with van der Waals surface area (Å²) >= 11 is 0. The van der Waals surface area contributed by atoms with Gasteiger partial charge < -0.3 is 19.4 Å². The molecule has 7 heteroatoms. The smallest absolute Gasteiger partial charge is 0.261 e. The molecule has 0 saturated carbocycles. The van der Waals surface area contributed by atoms with Crippen LogP contribution in [0.5, 0.6) is 0 Å². The highest BCUT2D eigenvalue weighted by Gasteiger charge is 2.16. The number of nitrogens with one attached hydrogen (secondary N) is 1. The van der Waals surface area contributed by atoms with E-state index in [1.807, 2.05) is 26.0 Å². The predicted octanol–water partition coefficient (Wildman–Crippen LogP) is 2.06. The fraction of sp³-hybridized carbons (Fsp3) is 0.619. The van der Waals surface area contributed by atoms with Gasteiger partial charge in [-0.05, 0) is 51.4 Å². The van der Waals surface area contributed by atoms with Gasteiger partial charge in [-0.2, -0.15) is 5.26 Å². The van der Waals surface area contributed by atoms with Crippen LogP contribution in [0.3, 0.4) is 0 Å². The van der Waals surface area contributed by atoms with Crippen molar-refractivity contribution in [2.45, 2.75) is 33.2 Å². The van der Waals surface area contributed by atoms with Gasteiger partial charge in [0.25, 0.3) is 5.91 Å². The summed E-state index contributed by atoms with van der Waals surface area (Å²) in [6.07, 6.45) is 2.53. The van der Waals surface area contributed by atoms with E-state index in [9.17, 15) is 10.1 Å². The minimum Gasteiger partial charge on any atom is -0.383 e. The number of nitrogens with zero attached hydrogens (tertiary/aromatic N) is 3. The highest BCUT2D eigenvalue weighted by Crippen LogP contribution is 2.22. The third kappa shape index (κ3) is 5.93. The van der Waals surface area contributed by atoms with Crippen LogP contribution >= 0.6 is 0 Å². The largest absolute Gasteiger partial charge is 0.383 e. The van der Waals surface area contributed by atoms with Crippen molar-refractivity contribution in [3.63, 3.8) is 0 Å². The van der Waals surface area contributed by atoms with Gasteiger partial charge in [0.2, 0.25) is 0 Å². The van der Waals surface area contributed by atoms with Gasteiger partial charge in [0.15, 0.2) is 0 Å². The second-order valence-corrected chi connectivity index (χ2v) is 7.23. The molecule has 0 spiro atoms. The predicted molar refractivity (Wildman–Crippen MR) is 109 cm³/mol. The van der Waals surface area contributed by atoms with Crippen LogP contribution in [-0.2, 0) is 14.3 Å². The number of carbonyl (C=O) groups excluding carboxylic acids is 1. The molecule has 1 unspecified atom stereocenters. The van der Waals surface area contributed by atoms with Crippen LogP contribution in [0.25, 0.3) is 6.08 Å². The van der Waals surface area contributed by atoms with Crippen LogP contribution < -0.4 is 5.32 Å². The molecule has 1 fully saturated rings. The standard InChI is InChI=1S/C21H32N4O3/c1-16-12-19(18(3)25(16)17(2)15-27-4)13-20(14-22)21(26)23-6-5-7-24-8-10-28-11-9-24/h12-13,17H,5-11,15H2,1-4H3,(H,23,26)/b20-13-. The van der Waals surface area contributed by atoms with Crippen LogP contribution in [0.2, 0.25) is 0 Å². The number of hydrogen-bond acceptors (Lipinski definition) is 5. The highest BCUT2D eigenvalue weighted by molar-refractivity contribution is 6.01. The van der Waals surface area contributed by atoms with Crippen molar-refractivity contribution in [3.05, 3.63) is 28.6 Å². The molecule has 1 amide bonds. The molecular weight excluding hydrogens is 356 g/mol. The van der Waals surface area contributed by atoms with Gasteiger partial charge in [-0.15, -0.1) is 0 Å². The minimum absolute atomic E-state index is 0.131. The molecule has 28 heavy (non-hydrogen) atoms. The summed E-state index contributed by atoms with van der Waals surface area (Å²) in [6, 6.07) is 4.23. The van der Waals surface area contributed by atoms with Crippen molar-refractivity contribution >= 4 is 12.0 Å². The molecule has 1 aromatic heterocycles. The summed E-state index contributed by atoms with van der Waals surface area (Å²) < 4.78 is 12.8. The first-order valence-corrected chi connectivity index (χ1v) is 9.85. The SMILES string of the molecule is COCC(C)n1c(C)cc(/C=C(/C#N)C(=O)NCCCN2CCOCC2)c1C. The maximum atomic E-state index is 12.4. The van der Waals surface area contributed by atoms with Gasteiger partial charge in [0.05, 0.1) is 25.9 Å². The summed E-state index contributed by atoms with van der Waals surface area (Å²) in [4.78, 5) is 14.7. The lowest BCUT2D eigenvalue weighted by Crippen LogP contribution is -2.38. The number of hydrogen-bond donors (Lipinski definition) is 1. The van der Waals surface area contributed by atoms with E-state index in [0.29, 0.717) is 13.2 Å². The van der Waals surface area contributed by atoms with E-state index in [1.165, 1.54) is 0 Å². The number of nitriles is 1. The molecule has 2 rings (SSSR count).